The van der Waals surface area contributed by atoms with Crippen molar-refractivity contribution in [1.29, 1.82) is 0 Å². The van der Waals surface area contributed by atoms with Gasteiger partial charge in [-0.05, 0) is 31.5 Å². The smallest absolute Gasteiger partial charge is 0.297 e. The zero-order valence-electron chi connectivity index (χ0n) is 11.0. The van der Waals surface area contributed by atoms with Crippen LogP contribution in [0.25, 0.3) is 0 Å². The molecule has 1 aromatic rings. The fourth-order valence-corrected chi connectivity index (χ4v) is 2.94. The minimum absolute atomic E-state index is 0.0590. The van der Waals surface area contributed by atoms with Gasteiger partial charge in [-0.2, -0.15) is 0 Å². The molecule has 0 radical (unpaired) electrons. The molecule has 0 saturated carbocycles. The molecule has 0 bridgehead atoms. The maximum atomic E-state index is 12.1. The summed E-state index contributed by atoms with van der Waals surface area (Å²) in [6, 6.07) is 2.86. The van der Waals surface area contributed by atoms with Gasteiger partial charge in [0, 0.05) is 10.9 Å². The van der Waals surface area contributed by atoms with Crippen LogP contribution in [0.15, 0.2) is 16.6 Å². The van der Waals surface area contributed by atoms with Crippen LogP contribution in [0.3, 0.4) is 0 Å². The molecule has 0 saturated heterocycles. The van der Waals surface area contributed by atoms with Gasteiger partial charge < -0.3 is 0 Å². The average Bonchev–Trinajstić information content (AvgIpc) is 2.61. The van der Waals surface area contributed by atoms with Crippen LogP contribution in [-0.2, 0) is 9.59 Å². The molecule has 0 N–H and O–H groups in total. The zero-order valence-corrected chi connectivity index (χ0v) is 12.6. The maximum Gasteiger partial charge on any atom is 0.300 e. The first kappa shape index (κ1) is 13.9. The lowest BCUT2D eigenvalue weighted by molar-refractivity contribution is -0.122. The summed E-state index contributed by atoms with van der Waals surface area (Å²) < 4.78 is 0.751. The van der Waals surface area contributed by atoms with Crippen LogP contribution in [0, 0.1) is 6.92 Å². The highest BCUT2D eigenvalue weighted by atomic mass is 79.9. The predicted octanol–water partition coefficient (Wildman–Crippen LogP) is 2.65. The number of anilines is 1. The lowest BCUT2D eigenvalue weighted by Gasteiger charge is -2.24. The van der Waals surface area contributed by atoms with Gasteiger partial charge in [0.05, 0.1) is 17.3 Å². The highest BCUT2D eigenvalue weighted by molar-refractivity contribution is 9.10. The van der Waals surface area contributed by atoms with E-state index >= 15 is 0 Å². The molecule has 1 unspecified atom stereocenters. The quantitative estimate of drug-likeness (QED) is 0.803. The number of aryl methyl sites for hydroxylation is 1. The van der Waals surface area contributed by atoms with Crippen LogP contribution in [0.4, 0.5) is 5.69 Å². The lowest BCUT2D eigenvalue weighted by atomic mass is 10.1. The van der Waals surface area contributed by atoms with Crippen molar-refractivity contribution in [2.24, 2.45) is 0 Å². The highest BCUT2D eigenvalue weighted by Gasteiger charge is 2.41. The Kier molecular flexibility index (Phi) is 3.58. The van der Waals surface area contributed by atoms with Gasteiger partial charge in [0.15, 0.2) is 5.78 Å². The third-order valence-corrected chi connectivity index (χ3v) is 3.82. The van der Waals surface area contributed by atoms with Gasteiger partial charge in [0.25, 0.3) is 11.7 Å². The average molecular weight is 324 g/mol. The molecular formula is C14H14BrNO3. The van der Waals surface area contributed by atoms with E-state index in [2.05, 4.69) is 15.9 Å². The Morgan fingerprint density at radius 1 is 1.37 bits per heavy atom. The Labute approximate surface area is 119 Å². The molecular weight excluding hydrogens is 310 g/mol. The molecule has 1 aliphatic rings. The van der Waals surface area contributed by atoms with Crippen LogP contribution in [-0.4, -0.2) is 23.5 Å². The topological polar surface area (TPSA) is 54.5 Å². The SMILES string of the molecule is CCC(=O)C(C)N1C(=O)C(=O)c2cc(Br)cc(C)c21. The number of hydrogen-bond donors (Lipinski definition) is 0. The van der Waals surface area contributed by atoms with Gasteiger partial charge in [-0.1, -0.05) is 22.9 Å². The number of carbonyl (C=O) groups is 3. The van der Waals surface area contributed by atoms with Gasteiger partial charge in [-0.25, -0.2) is 0 Å². The molecule has 1 atom stereocenters. The number of carbonyl (C=O) groups excluding carboxylic acids is 3. The van der Waals surface area contributed by atoms with Crippen molar-refractivity contribution in [3.05, 3.63) is 27.7 Å². The molecule has 1 aromatic carbocycles. The Bertz CT molecular complexity index is 595. The predicted molar refractivity (Wildman–Crippen MR) is 75.5 cm³/mol. The molecule has 100 valence electrons. The largest absolute Gasteiger partial charge is 0.300 e. The Morgan fingerprint density at radius 2 is 2.00 bits per heavy atom. The third-order valence-electron chi connectivity index (χ3n) is 3.37. The Morgan fingerprint density at radius 3 is 2.58 bits per heavy atom. The standard InChI is InChI=1S/C14H14BrNO3/c1-4-11(17)8(3)16-12-7(2)5-9(15)6-10(12)13(18)14(16)19/h5-6,8H,4H2,1-3H3. The first-order valence-corrected chi connectivity index (χ1v) is 6.88. The summed E-state index contributed by atoms with van der Waals surface area (Å²) >= 11 is 3.31. The number of ketones is 2. The van der Waals surface area contributed by atoms with E-state index in [1.54, 1.807) is 19.9 Å². The number of benzene rings is 1. The monoisotopic (exact) mass is 323 g/mol. The van der Waals surface area contributed by atoms with Gasteiger partial charge in [0.1, 0.15) is 0 Å². The first-order valence-electron chi connectivity index (χ1n) is 6.09. The molecule has 1 aliphatic heterocycles. The van der Waals surface area contributed by atoms with Crippen molar-refractivity contribution in [3.8, 4) is 0 Å². The molecule has 0 aliphatic carbocycles. The van der Waals surface area contributed by atoms with Crippen molar-refractivity contribution in [2.75, 3.05) is 4.90 Å². The van der Waals surface area contributed by atoms with Crippen LogP contribution in [0.1, 0.15) is 36.2 Å². The lowest BCUT2D eigenvalue weighted by Crippen LogP contribution is -2.42. The molecule has 1 amide bonds. The van der Waals surface area contributed by atoms with Crippen LogP contribution < -0.4 is 4.90 Å². The van der Waals surface area contributed by atoms with Crippen molar-refractivity contribution in [3.63, 3.8) is 0 Å². The molecule has 19 heavy (non-hydrogen) atoms. The van der Waals surface area contributed by atoms with E-state index in [9.17, 15) is 14.4 Å². The number of amides is 1. The maximum absolute atomic E-state index is 12.1. The number of rotatable bonds is 3. The third kappa shape index (κ3) is 2.12. The zero-order chi connectivity index (χ0) is 14.3. The van der Waals surface area contributed by atoms with E-state index in [4.69, 9.17) is 0 Å². The Balaban J connectivity index is 2.59. The second kappa shape index (κ2) is 4.89. The molecule has 5 heteroatoms. The van der Waals surface area contributed by atoms with Crippen molar-refractivity contribution in [2.45, 2.75) is 33.2 Å². The van der Waals surface area contributed by atoms with E-state index in [0.29, 0.717) is 17.7 Å². The molecule has 0 fully saturated rings. The number of Topliss-reactive ketones (excluding diaryl/α,β-unsaturated/α-hetero) is 2. The normalized spacial score (nSPS) is 15.7. The first-order chi connectivity index (χ1) is 8.88. The summed E-state index contributed by atoms with van der Waals surface area (Å²) in [5, 5.41) is 0. The van der Waals surface area contributed by atoms with Gasteiger partial charge in [-0.15, -0.1) is 0 Å². The fraction of sp³-hybridized carbons (Fsp3) is 0.357. The van der Waals surface area contributed by atoms with Crippen molar-refractivity contribution >= 4 is 39.1 Å². The van der Waals surface area contributed by atoms with Crippen LogP contribution in [0.5, 0.6) is 0 Å². The number of hydrogen-bond acceptors (Lipinski definition) is 3. The molecule has 4 nitrogen and oxygen atoms in total. The summed E-state index contributed by atoms with van der Waals surface area (Å²) in [7, 11) is 0. The van der Waals surface area contributed by atoms with Crippen molar-refractivity contribution in [1.82, 2.24) is 0 Å². The van der Waals surface area contributed by atoms with E-state index in [-0.39, 0.29) is 5.78 Å². The van der Waals surface area contributed by atoms with Gasteiger partial charge in [0.2, 0.25) is 0 Å². The molecule has 0 spiro atoms. The van der Waals surface area contributed by atoms with E-state index < -0.39 is 17.7 Å². The molecule has 2 rings (SSSR count). The molecule has 1 heterocycles. The second-order valence-corrected chi connectivity index (χ2v) is 5.53. The highest BCUT2D eigenvalue weighted by Crippen LogP contribution is 2.36. The summed E-state index contributed by atoms with van der Waals surface area (Å²) in [6.45, 7) is 5.23. The van der Waals surface area contributed by atoms with E-state index in [1.165, 1.54) is 4.90 Å². The molecule has 0 aromatic heterocycles. The van der Waals surface area contributed by atoms with Gasteiger partial charge >= 0.3 is 0 Å². The van der Waals surface area contributed by atoms with E-state index in [1.807, 2.05) is 13.0 Å². The fourth-order valence-electron chi connectivity index (χ4n) is 2.36. The summed E-state index contributed by atoms with van der Waals surface area (Å²) in [4.78, 5) is 37.2. The minimum atomic E-state index is -0.620. The van der Waals surface area contributed by atoms with Gasteiger partial charge in [-0.3, -0.25) is 19.3 Å². The summed E-state index contributed by atoms with van der Waals surface area (Å²) in [6.07, 6.45) is 0.337. The van der Waals surface area contributed by atoms with Crippen LogP contribution in [0.2, 0.25) is 0 Å². The summed E-state index contributed by atoms with van der Waals surface area (Å²) in [5.74, 6) is -1.23. The number of fused-ring (bicyclic) bond motifs is 1. The number of halogens is 1. The summed E-state index contributed by atoms with van der Waals surface area (Å²) in [5.41, 5.74) is 1.74. The number of nitrogens with zero attached hydrogens (tertiary/aromatic N) is 1. The Hall–Kier alpha value is -1.49. The second-order valence-electron chi connectivity index (χ2n) is 4.62. The van der Waals surface area contributed by atoms with Crippen LogP contribution >= 0.6 is 15.9 Å². The van der Waals surface area contributed by atoms with E-state index in [0.717, 1.165) is 10.0 Å². The minimum Gasteiger partial charge on any atom is -0.297 e. The van der Waals surface area contributed by atoms with Crippen molar-refractivity contribution < 1.29 is 14.4 Å².